The monoisotopic (exact) mass is 320 g/mol. The van der Waals surface area contributed by atoms with E-state index >= 15 is 0 Å². The lowest BCUT2D eigenvalue weighted by molar-refractivity contribution is -0.143. The molecular weight excluding hydrogens is 304 g/mol. The van der Waals surface area contributed by atoms with Crippen molar-refractivity contribution in [2.75, 3.05) is 19.7 Å². The first-order valence-electron chi connectivity index (χ1n) is 6.18. The summed E-state index contributed by atoms with van der Waals surface area (Å²) in [4.78, 5) is 15.2. The maximum atomic E-state index is 12.5. The summed E-state index contributed by atoms with van der Waals surface area (Å²) < 4.78 is 30.8. The van der Waals surface area contributed by atoms with Crippen LogP contribution in [0.5, 0.6) is 0 Å². The first kappa shape index (κ1) is 16.9. The summed E-state index contributed by atoms with van der Waals surface area (Å²) in [5.41, 5.74) is 0. The fraction of sp³-hybridized carbons (Fsp3) is 0.500. The summed E-state index contributed by atoms with van der Waals surface area (Å²) in [5.74, 6) is -0.593. The van der Waals surface area contributed by atoms with Crippen LogP contribution in [0.2, 0.25) is 5.02 Å². The van der Waals surface area contributed by atoms with Gasteiger partial charge < -0.3 is 4.74 Å². The lowest BCUT2D eigenvalue weighted by atomic mass is 10.5. The van der Waals surface area contributed by atoms with E-state index in [4.69, 9.17) is 16.3 Å². The Morgan fingerprint density at radius 1 is 1.45 bits per heavy atom. The van der Waals surface area contributed by atoms with Crippen molar-refractivity contribution in [3.05, 3.63) is 23.5 Å². The van der Waals surface area contributed by atoms with Crippen molar-refractivity contribution < 1.29 is 17.9 Å². The molecule has 20 heavy (non-hydrogen) atoms. The van der Waals surface area contributed by atoms with Crippen LogP contribution in [0.15, 0.2) is 23.4 Å². The van der Waals surface area contributed by atoms with Gasteiger partial charge in [-0.15, -0.1) is 0 Å². The lowest BCUT2D eigenvalue weighted by Gasteiger charge is -2.20. The van der Waals surface area contributed by atoms with Gasteiger partial charge in [-0.25, -0.2) is 8.42 Å². The summed E-state index contributed by atoms with van der Waals surface area (Å²) in [6.07, 6.45) is 3.14. The van der Waals surface area contributed by atoms with Crippen molar-refractivity contribution in [2.45, 2.75) is 25.2 Å². The van der Waals surface area contributed by atoms with E-state index in [-0.39, 0.29) is 29.6 Å². The Morgan fingerprint density at radius 3 is 2.70 bits per heavy atom. The molecule has 0 atom stereocenters. The van der Waals surface area contributed by atoms with Crippen molar-refractivity contribution in [1.29, 1.82) is 0 Å². The molecule has 0 fully saturated rings. The van der Waals surface area contributed by atoms with Crippen LogP contribution in [0.25, 0.3) is 0 Å². The van der Waals surface area contributed by atoms with Crippen molar-refractivity contribution in [3.8, 4) is 0 Å². The molecule has 0 saturated heterocycles. The molecule has 0 aliphatic heterocycles. The Balaban J connectivity index is 3.06. The summed E-state index contributed by atoms with van der Waals surface area (Å²) in [5, 5.41) is 0.0740. The molecule has 1 heterocycles. The number of aromatic nitrogens is 1. The smallest absolute Gasteiger partial charge is 0.321 e. The van der Waals surface area contributed by atoms with Gasteiger partial charge in [-0.3, -0.25) is 9.78 Å². The molecule has 6 nitrogen and oxygen atoms in total. The third-order valence-electron chi connectivity index (χ3n) is 2.44. The quantitative estimate of drug-likeness (QED) is 0.715. The summed E-state index contributed by atoms with van der Waals surface area (Å²) in [7, 11) is -3.87. The Kier molecular flexibility index (Phi) is 6.38. The van der Waals surface area contributed by atoms with E-state index < -0.39 is 16.0 Å². The van der Waals surface area contributed by atoms with Gasteiger partial charge in [0.2, 0.25) is 10.0 Å². The Bertz CT molecular complexity index is 562. The minimum atomic E-state index is -3.87. The number of ether oxygens (including phenoxy) is 1. The highest BCUT2D eigenvalue weighted by Gasteiger charge is 2.28. The SMILES string of the molecule is CCCN(CC(=O)OCC)S(=O)(=O)c1cnccc1Cl. The average molecular weight is 321 g/mol. The minimum Gasteiger partial charge on any atom is -0.465 e. The van der Waals surface area contributed by atoms with Crippen molar-refractivity contribution in [2.24, 2.45) is 0 Å². The molecule has 8 heteroatoms. The van der Waals surface area contributed by atoms with E-state index in [9.17, 15) is 13.2 Å². The molecule has 1 aromatic heterocycles. The second-order valence-electron chi connectivity index (χ2n) is 3.95. The molecule has 0 unspecified atom stereocenters. The Morgan fingerprint density at radius 2 is 2.15 bits per heavy atom. The van der Waals surface area contributed by atoms with Crippen LogP contribution in [0, 0.1) is 0 Å². The van der Waals surface area contributed by atoms with Crippen molar-refractivity contribution >= 4 is 27.6 Å². The number of halogens is 1. The molecule has 0 N–H and O–H groups in total. The maximum absolute atomic E-state index is 12.5. The van der Waals surface area contributed by atoms with Gasteiger partial charge in [0.25, 0.3) is 0 Å². The molecule has 112 valence electrons. The minimum absolute atomic E-state index is 0.0740. The van der Waals surface area contributed by atoms with Crippen molar-refractivity contribution in [1.82, 2.24) is 9.29 Å². The van der Waals surface area contributed by atoms with Crippen molar-refractivity contribution in [3.63, 3.8) is 0 Å². The molecule has 0 aliphatic rings. The van der Waals surface area contributed by atoms with Crippen LogP contribution in [-0.4, -0.2) is 43.4 Å². The van der Waals surface area contributed by atoms with Crippen LogP contribution in [-0.2, 0) is 19.6 Å². The number of rotatable bonds is 7. The van der Waals surface area contributed by atoms with Gasteiger partial charge in [0.15, 0.2) is 0 Å². The molecule has 0 aromatic carbocycles. The van der Waals surface area contributed by atoms with Crippen LogP contribution in [0.3, 0.4) is 0 Å². The zero-order chi connectivity index (χ0) is 15.2. The number of hydrogen-bond donors (Lipinski definition) is 0. The van der Waals surface area contributed by atoms with Gasteiger partial charge in [-0.05, 0) is 19.4 Å². The first-order valence-corrected chi connectivity index (χ1v) is 8.00. The highest BCUT2D eigenvalue weighted by Crippen LogP contribution is 2.23. The van der Waals surface area contributed by atoms with E-state index in [1.54, 1.807) is 6.92 Å². The number of pyridine rings is 1. The maximum Gasteiger partial charge on any atom is 0.321 e. The molecule has 0 saturated carbocycles. The summed E-state index contributed by atoms with van der Waals surface area (Å²) >= 11 is 5.89. The summed E-state index contributed by atoms with van der Waals surface area (Å²) in [6, 6.07) is 1.39. The predicted molar refractivity (Wildman–Crippen MR) is 74.9 cm³/mol. The van der Waals surface area contributed by atoms with Gasteiger partial charge in [0.05, 0.1) is 11.6 Å². The standard InChI is InChI=1S/C12H17ClN2O4S/c1-3-7-15(9-12(16)19-4-2)20(17,18)11-8-14-6-5-10(11)13/h5-6,8H,3-4,7,9H2,1-2H3. The van der Waals surface area contributed by atoms with Gasteiger partial charge >= 0.3 is 5.97 Å². The van der Waals surface area contributed by atoms with E-state index in [2.05, 4.69) is 4.98 Å². The number of hydrogen-bond acceptors (Lipinski definition) is 5. The second kappa shape index (κ2) is 7.56. The normalized spacial score (nSPS) is 11.6. The van der Waals surface area contributed by atoms with Gasteiger partial charge in [0.1, 0.15) is 11.4 Å². The van der Waals surface area contributed by atoms with Crippen LogP contribution in [0.4, 0.5) is 0 Å². The van der Waals surface area contributed by atoms with Gasteiger partial charge in [0, 0.05) is 18.9 Å². The summed E-state index contributed by atoms with van der Waals surface area (Å²) in [6.45, 7) is 3.54. The molecule has 1 aromatic rings. The van der Waals surface area contributed by atoms with Gasteiger partial charge in [-0.1, -0.05) is 18.5 Å². The molecule has 0 bridgehead atoms. The lowest BCUT2D eigenvalue weighted by Crippen LogP contribution is -2.37. The predicted octanol–water partition coefficient (Wildman–Crippen LogP) is 1.70. The topological polar surface area (TPSA) is 76.6 Å². The number of nitrogens with zero attached hydrogens (tertiary/aromatic N) is 2. The number of carbonyl (C=O) groups excluding carboxylic acids is 1. The van der Waals surface area contributed by atoms with Gasteiger partial charge in [-0.2, -0.15) is 4.31 Å². The average Bonchev–Trinajstić information content (AvgIpc) is 2.38. The second-order valence-corrected chi connectivity index (χ2v) is 6.26. The Hall–Kier alpha value is -1.18. The Labute approximate surface area is 123 Å². The molecule has 0 spiro atoms. The fourth-order valence-electron chi connectivity index (χ4n) is 1.58. The van der Waals surface area contributed by atoms with E-state index in [0.717, 1.165) is 4.31 Å². The third kappa shape index (κ3) is 4.16. The number of esters is 1. The largest absolute Gasteiger partial charge is 0.465 e. The number of sulfonamides is 1. The third-order valence-corrected chi connectivity index (χ3v) is 4.75. The zero-order valence-electron chi connectivity index (χ0n) is 11.4. The van der Waals surface area contributed by atoms with Crippen LogP contribution in [0.1, 0.15) is 20.3 Å². The van der Waals surface area contributed by atoms with E-state index in [0.29, 0.717) is 6.42 Å². The first-order chi connectivity index (χ1) is 9.43. The number of carbonyl (C=O) groups is 1. The molecule has 0 radical (unpaired) electrons. The van der Waals surface area contributed by atoms with Crippen LogP contribution >= 0.6 is 11.6 Å². The highest BCUT2D eigenvalue weighted by atomic mass is 35.5. The molecule has 1 rings (SSSR count). The molecular formula is C12H17ClN2O4S. The fourth-order valence-corrected chi connectivity index (χ4v) is 3.46. The van der Waals surface area contributed by atoms with Crippen LogP contribution < -0.4 is 0 Å². The molecule has 0 amide bonds. The molecule has 0 aliphatic carbocycles. The highest BCUT2D eigenvalue weighted by molar-refractivity contribution is 7.89. The van der Waals surface area contributed by atoms with E-state index in [1.165, 1.54) is 18.5 Å². The van der Waals surface area contributed by atoms with E-state index in [1.807, 2.05) is 6.92 Å². The zero-order valence-corrected chi connectivity index (χ0v) is 12.9.